The van der Waals surface area contributed by atoms with E-state index >= 15 is 0 Å². The van der Waals surface area contributed by atoms with Crippen LogP contribution in [0, 0.1) is 5.92 Å². The number of hydrogen-bond donors (Lipinski definition) is 0. The van der Waals surface area contributed by atoms with E-state index < -0.39 is 0 Å². The van der Waals surface area contributed by atoms with Crippen LogP contribution in [0.3, 0.4) is 0 Å². The van der Waals surface area contributed by atoms with Gasteiger partial charge in [0.2, 0.25) is 0 Å². The molecular formula is C19H22Cl2NS2+. The molecule has 2 fully saturated rings. The predicted molar refractivity (Wildman–Crippen MR) is 107 cm³/mol. The first-order valence-electron chi connectivity index (χ1n) is 8.50. The van der Waals surface area contributed by atoms with Crippen LogP contribution in [0.2, 0.25) is 8.67 Å². The topological polar surface area (TPSA) is 0 Å². The molecule has 2 aliphatic heterocycles. The molecule has 0 aromatic carbocycles. The van der Waals surface area contributed by atoms with Crippen molar-refractivity contribution in [2.45, 2.75) is 37.8 Å². The van der Waals surface area contributed by atoms with Crippen molar-refractivity contribution in [1.82, 2.24) is 0 Å². The summed E-state index contributed by atoms with van der Waals surface area (Å²) in [4.78, 5) is 2.51. The van der Waals surface area contributed by atoms with Gasteiger partial charge in [-0.2, -0.15) is 0 Å². The van der Waals surface area contributed by atoms with E-state index in [1.807, 2.05) is 12.1 Å². The van der Waals surface area contributed by atoms with Gasteiger partial charge in [-0.3, -0.25) is 0 Å². The monoisotopic (exact) mass is 398 g/mol. The van der Waals surface area contributed by atoms with E-state index in [-0.39, 0.29) is 0 Å². The summed E-state index contributed by atoms with van der Waals surface area (Å²) in [7, 11) is 4.84. The van der Waals surface area contributed by atoms with Crippen molar-refractivity contribution in [3.8, 4) is 0 Å². The zero-order valence-corrected chi connectivity index (χ0v) is 17.1. The second kappa shape index (κ2) is 6.44. The van der Waals surface area contributed by atoms with Gasteiger partial charge in [-0.25, -0.2) is 0 Å². The number of rotatable bonds is 3. The van der Waals surface area contributed by atoms with Crippen LogP contribution in [0.15, 0.2) is 30.3 Å². The summed E-state index contributed by atoms with van der Waals surface area (Å²) in [6, 6.07) is 9.90. The Labute approximate surface area is 162 Å². The fraction of sp³-hybridized carbons (Fsp3) is 0.474. The maximum atomic E-state index is 6.20. The van der Waals surface area contributed by atoms with Crippen LogP contribution in [0.4, 0.5) is 0 Å². The Balaban J connectivity index is 1.68. The average Bonchev–Trinajstić information content (AvgIpc) is 3.15. The van der Waals surface area contributed by atoms with Crippen molar-refractivity contribution >= 4 is 51.4 Å². The lowest BCUT2D eigenvalue weighted by Crippen LogP contribution is -2.54. The Hall–Kier alpha value is -0.320. The highest BCUT2D eigenvalue weighted by molar-refractivity contribution is 7.19. The van der Waals surface area contributed by atoms with Crippen molar-refractivity contribution in [2.24, 2.45) is 5.92 Å². The SMILES string of the molecule is C[N+]1(C)C2CCC1CC(C=C(c1ccc(Cl)s1)c1ccc(Cl)s1)C2. The average molecular weight is 399 g/mol. The molecule has 128 valence electrons. The number of fused-ring (bicyclic) bond motifs is 2. The summed E-state index contributed by atoms with van der Waals surface area (Å²) in [5, 5.41) is 0. The second-order valence-electron chi connectivity index (χ2n) is 7.53. The maximum absolute atomic E-state index is 6.20. The number of allylic oxidation sites excluding steroid dienone is 1. The number of nitrogens with zero attached hydrogens (tertiary/aromatic N) is 1. The molecule has 24 heavy (non-hydrogen) atoms. The Morgan fingerprint density at radius 2 is 1.46 bits per heavy atom. The lowest BCUT2D eigenvalue weighted by atomic mass is 9.87. The molecule has 5 heteroatoms. The molecule has 0 spiro atoms. The number of quaternary nitrogens is 1. The third-order valence-electron chi connectivity index (χ3n) is 5.94. The fourth-order valence-corrected chi connectivity index (χ4v) is 6.73. The van der Waals surface area contributed by atoms with Crippen LogP contribution in [-0.4, -0.2) is 30.7 Å². The number of hydrogen-bond acceptors (Lipinski definition) is 2. The molecule has 2 atom stereocenters. The van der Waals surface area contributed by atoms with Crippen LogP contribution in [0.1, 0.15) is 35.4 Å². The standard InChI is InChI=1S/C19H22Cl2NS2/c1-22(2)13-3-4-14(22)10-12(9-13)11-15(16-5-7-18(20)23-16)17-6-8-19(21)24-17/h5-8,11-14H,3-4,9-10H2,1-2H3/q+1. The molecule has 4 heterocycles. The third kappa shape index (κ3) is 3.10. The molecule has 0 saturated carbocycles. The summed E-state index contributed by atoms with van der Waals surface area (Å²) in [6.07, 6.45) is 7.87. The maximum Gasteiger partial charge on any atom is 0.0934 e. The molecule has 0 aliphatic carbocycles. The lowest BCUT2D eigenvalue weighted by Gasteiger charge is -2.43. The van der Waals surface area contributed by atoms with Gasteiger partial charge in [-0.1, -0.05) is 29.3 Å². The quantitative estimate of drug-likeness (QED) is 0.513. The smallest absolute Gasteiger partial charge is 0.0934 e. The van der Waals surface area contributed by atoms with Gasteiger partial charge in [0, 0.05) is 41.0 Å². The van der Waals surface area contributed by atoms with Gasteiger partial charge in [0.15, 0.2) is 0 Å². The highest BCUT2D eigenvalue weighted by Gasteiger charge is 2.48. The van der Waals surface area contributed by atoms with Crippen molar-refractivity contribution in [2.75, 3.05) is 14.1 Å². The Bertz CT molecular complexity index is 716. The molecule has 2 aliphatic rings. The van der Waals surface area contributed by atoms with Crippen LogP contribution in [-0.2, 0) is 0 Å². The molecule has 0 amide bonds. The van der Waals surface area contributed by atoms with Crippen LogP contribution in [0.25, 0.3) is 5.57 Å². The first-order chi connectivity index (χ1) is 11.4. The minimum absolute atomic E-state index is 0.658. The van der Waals surface area contributed by atoms with E-state index in [4.69, 9.17) is 23.2 Å². The summed E-state index contributed by atoms with van der Waals surface area (Å²) in [5.41, 5.74) is 1.32. The van der Waals surface area contributed by atoms with Gasteiger partial charge in [-0.15, -0.1) is 22.7 Å². The highest BCUT2D eigenvalue weighted by Crippen LogP contribution is 2.45. The largest absolute Gasteiger partial charge is 0.324 e. The van der Waals surface area contributed by atoms with Crippen molar-refractivity contribution in [1.29, 1.82) is 0 Å². The van der Waals surface area contributed by atoms with Gasteiger partial charge in [0.25, 0.3) is 0 Å². The molecule has 2 unspecified atom stereocenters. The molecule has 2 bridgehead atoms. The fourth-order valence-electron chi connectivity index (χ4n) is 4.50. The third-order valence-corrected chi connectivity index (χ3v) is 8.47. The predicted octanol–water partition coefficient (Wildman–Crippen LogP) is 6.57. The van der Waals surface area contributed by atoms with Gasteiger partial charge in [-0.05, 0) is 30.2 Å². The van der Waals surface area contributed by atoms with Crippen molar-refractivity contribution in [3.05, 3.63) is 48.8 Å². The van der Waals surface area contributed by atoms with E-state index in [9.17, 15) is 0 Å². The molecule has 2 saturated heterocycles. The van der Waals surface area contributed by atoms with E-state index in [0.29, 0.717) is 5.92 Å². The second-order valence-corrected chi connectivity index (χ2v) is 11.0. The normalized spacial score (nSPS) is 28.1. The summed E-state index contributed by atoms with van der Waals surface area (Å²) in [6.45, 7) is 0. The van der Waals surface area contributed by atoms with E-state index in [1.54, 1.807) is 22.7 Å². The molecule has 2 aromatic heterocycles. The van der Waals surface area contributed by atoms with Gasteiger partial charge < -0.3 is 4.48 Å². The molecule has 2 aromatic rings. The van der Waals surface area contributed by atoms with Gasteiger partial charge >= 0.3 is 0 Å². The molecule has 1 nitrogen and oxygen atoms in total. The highest BCUT2D eigenvalue weighted by atomic mass is 35.5. The lowest BCUT2D eigenvalue weighted by molar-refractivity contribution is -0.931. The van der Waals surface area contributed by atoms with Crippen molar-refractivity contribution in [3.63, 3.8) is 0 Å². The summed E-state index contributed by atoms with van der Waals surface area (Å²) >= 11 is 15.7. The zero-order valence-electron chi connectivity index (χ0n) is 14.0. The molecule has 0 radical (unpaired) electrons. The minimum atomic E-state index is 0.658. The van der Waals surface area contributed by atoms with Crippen LogP contribution in [0.5, 0.6) is 0 Å². The van der Waals surface area contributed by atoms with Gasteiger partial charge in [0.1, 0.15) is 0 Å². The first kappa shape index (κ1) is 17.1. The summed E-state index contributed by atoms with van der Waals surface area (Å²) < 4.78 is 2.91. The van der Waals surface area contributed by atoms with E-state index in [1.165, 1.54) is 45.5 Å². The number of piperidine rings is 1. The zero-order chi connectivity index (χ0) is 16.9. The van der Waals surface area contributed by atoms with Crippen LogP contribution < -0.4 is 0 Å². The first-order valence-corrected chi connectivity index (χ1v) is 10.9. The Morgan fingerprint density at radius 1 is 0.958 bits per heavy atom. The summed E-state index contributed by atoms with van der Waals surface area (Å²) in [5.74, 6) is 0.658. The minimum Gasteiger partial charge on any atom is -0.324 e. The molecular weight excluding hydrogens is 377 g/mol. The van der Waals surface area contributed by atoms with Crippen LogP contribution >= 0.6 is 45.9 Å². The van der Waals surface area contributed by atoms with E-state index in [0.717, 1.165) is 20.8 Å². The number of halogens is 2. The molecule has 0 N–H and O–H groups in total. The Morgan fingerprint density at radius 3 is 1.88 bits per heavy atom. The van der Waals surface area contributed by atoms with E-state index in [2.05, 4.69) is 32.3 Å². The molecule has 4 rings (SSSR count). The Kier molecular flexibility index (Phi) is 4.59. The number of thiophene rings is 2. The van der Waals surface area contributed by atoms with Gasteiger partial charge in [0.05, 0.1) is 34.9 Å². The van der Waals surface area contributed by atoms with Crippen molar-refractivity contribution < 1.29 is 4.48 Å².